The van der Waals surface area contributed by atoms with Gasteiger partial charge in [0.25, 0.3) is 0 Å². The Morgan fingerprint density at radius 2 is 2.00 bits per heavy atom. The molecule has 0 amide bonds. The fourth-order valence-electron chi connectivity index (χ4n) is 1.17. The molecule has 1 aromatic carbocycles. The van der Waals surface area contributed by atoms with Crippen molar-refractivity contribution in [2.75, 3.05) is 11.1 Å². The average Bonchev–Trinajstić information content (AvgIpc) is 2.19. The van der Waals surface area contributed by atoms with E-state index in [1.54, 1.807) is 12.2 Å². The zero-order chi connectivity index (χ0) is 12.2. The third-order valence-corrected chi connectivity index (χ3v) is 2.45. The van der Waals surface area contributed by atoms with Gasteiger partial charge in [0.2, 0.25) is 0 Å². The van der Waals surface area contributed by atoms with E-state index in [1.807, 2.05) is 0 Å². The quantitative estimate of drug-likeness (QED) is 0.659. The molecule has 0 fully saturated rings. The first kappa shape index (κ1) is 13.1. The van der Waals surface area contributed by atoms with Gasteiger partial charge in [0.05, 0.1) is 5.56 Å². The van der Waals surface area contributed by atoms with Gasteiger partial charge in [-0.05, 0) is 30.2 Å². The van der Waals surface area contributed by atoms with Crippen LogP contribution in [0.25, 0.3) is 6.08 Å². The molecule has 0 spiro atoms. The molecule has 88 valence electrons. The summed E-state index contributed by atoms with van der Waals surface area (Å²) in [5.74, 6) is 0. The molecule has 1 aromatic rings. The molecule has 0 aliphatic heterocycles. The van der Waals surface area contributed by atoms with Crippen LogP contribution in [-0.2, 0) is 6.18 Å². The molecule has 0 atom stereocenters. The average molecular weight is 294 g/mol. The van der Waals surface area contributed by atoms with Crippen molar-refractivity contribution in [3.63, 3.8) is 0 Å². The first-order chi connectivity index (χ1) is 7.45. The van der Waals surface area contributed by atoms with Gasteiger partial charge in [0.1, 0.15) is 0 Å². The van der Waals surface area contributed by atoms with Gasteiger partial charge in [-0.25, -0.2) is 0 Å². The normalized spacial score (nSPS) is 12.2. The fourth-order valence-corrected chi connectivity index (χ4v) is 1.43. The lowest BCUT2D eigenvalue weighted by molar-refractivity contribution is -0.137. The van der Waals surface area contributed by atoms with Gasteiger partial charge < -0.3 is 5.73 Å². The summed E-state index contributed by atoms with van der Waals surface area (Å²) in [5, 5.41) is 0.766. The second-order valence-electron chi connectivity index (χ2n) is 3.22. The van der Waals surface area contributed by atoms with E-state index < -0.39 is 11.7 Å². The molecule has 1 rings (SSSR count). The molecular formula is C11H11BrF3N. The van der Waals surface area contributed by atoms with E-state index in [-0.39, 0.29) is 0 Å². The van der Waals surface area contributed by atoms with Crippen molar-refractivity contribution in [1.82, 2.24) is 0 Å². The minimum atomic E-state index is -4.33. The largest absolute Gasteiger partial charge is 0.416 e. The van der Waals surface area contributed by atoms with Crippen molar-refractivity contribution in [3.8, 4) is 0 Å². The number of halogens is 4. The topological polar surface area (TPSA) is 26.0 Å². The third-order valence-electron chi connectivity index (χ3n) is 1.99. The van der Waals surface area contributed by atoms with Crippen LogP contribution in [0.3, 0.4) is 0 Å². The molecule has 0 bridgehead atoms. The van der Waals surface area contributed by atoms with E-state index in [1.165, 1.54) is 6.07 Å². The molecule has 0 saturated carbocycles. The van der Waals surface area contributed by atoms with Gasteiger partial charge in [0.15, 0.2) is 0 Å². The minimum absolute atomic E-state index is 0.346. The Hall–Kier alpha value is -0.970. The molecule has 0 aromatic heterocycles. The van der Waals surface area contributed by atoms with Gasteiger partial charge in [0, 0.05) is 11.0 Å². The van der Waals surface area contributed by atoms with Crippen LogP contribution < -0.4 is 5.73 Å². The molecule has 2 N–H and O–H groups in total. The van der Waals surface area contributed by atoms with Crippen molar-refractivity contribution in [2.45, 2.75) is 12.6 Å². The molecule has 0 unspecified atom stereocenters. The van der Waals surface area contributed by atoms with E-state index in [2.05, 4.69) is 15.9 Å². The number of hydrogen-bond donors (Lipinski definition) is 1. The van der Waals surface area contributed by atoms with Gasteiger partial charge in [-0.3, -0.25) is 0 Å². The molecule has 0 aliphatic rings. The zero-order valence-corrected chi connectivity index (χ0v) is 9.98. The van der Waals surface area contributed by atoms with E-state index >= 15 is 0 Å². The number of hydrogen-bond acceptors (Lipinski definition) is 1. The van der Waals surface area contributed by atoms with Crippen molar-refractivity contribution in [1.29, 1.82) is 0 Å². The lowest BCUT2D eigenvalue weighted by Crippen LogP contribution is -2.05. The maximum absolute atomic E-state index is 12.4. The van der Waals surface area contributed by atoms with Crippen LogP contribution in [0, 0.1) is 0 Å². The van der Waals surface area contributed by atoms with Crippen LogP contribution >= 0.6 is 15.9 Å². The number of nitrogens with two attached hydrogens (primary N) is 1. The highest BCUT2D eigenvalue weighted by Crippen LogP contribution is 2.31. The van der Waals surface area contributed by atoms with Crippen LogP contribution in [0.2, 0.25) is 0 Å². The number of benzene rings is 1. The summed E-state index contributed by atoms with van der Waals surface area (Å²) in [6.45, 7) is 0. The summed E-state index contributed by atoms with van der Waals surface area (Å²) in [7, 11) is 0. The Morgan fingerprint density at radius 3 is 2.56 bits per heavy atom. The monoisotopic (exact) mass is 293 g/mol. The third kappa shape index (κ3) is 3.56. The molecule has 0 saturated heterocycles. The van der Waals surface area contributed by atoms with Crippen LogP contribution in [0.1, 0.15) is 17.5 Å². The van der Waals surface area contributed by atoms with E-state index in [0.717, 1.165) is 23.9 Å². The second kappa shape index (κ2) is 5.39. The van der Waals surface area contributed by atoms with E-state index in [9.17, 15) is 13.2 Å². The molecule has 1 nitrogen and oxygen atoms in total. The predicted octanol–water partition coefficient (Wildman–Crippen LogP) is 4.09. The molecule has 16 heavy (non-hydrogen) atoms. The Labute approximate surface area is 100 Å². The smallest absolute Gasteiger partial charge is 0.398 e. The highest BCUT2D eigenvalue weighted by molar-refractivity contribution is 9.09. The summed E-state index contributed by atoms with van der Waals surface area (Å²) in [6, 6.07) is 3.31. The Bertz CT molecular complexity index is 385. The maximum atomic E-state index is 12.4. The van der Waals surface area contributed by atoms with Gasteiger partial charge in [-0.15, -0.1) is 0 Å². The summed E-state index contributed by atoms with van der Waals surface area (Å²) >= 11 is 3.23. The second-order valence-corrected chi connectivity index (χ2v) is 4.01. The lowest BCUT2D eigenvalue weighted by atomic mass is 10.1. The highest BCUT2D eigenvalue weighted by atomic mass is 79.9. The van der Waals surface area contributed by atoms with Crippen molar-refractivity contribution in [3.05, 3.63) is 35.4 Å². The summed E-state index contributed by atoms with van der Waals surface area (Å²) in [5.41, 5.74) is 5.65. The summed E-state index contributed by atoms with van der Waals surface area (Å²) in [6.07, 6.45) is -0.201. The maximum Gasteiger partial charge on any atom is 0.416 e. The van der Waals surface area contributed by atoms with Gasteiger partial charge in [-0.1, -0.05) is 28.1 Å². The van der Waals surface area contributed by atoms with Crippen LogP contribution in [0.15, 0.2) is 24.3 Å². The molecule has 0 aliphatic carbocycles. The standard InChI is InChI=1S/C11H11BrF3N/c12-6-2-1-3-8-7-9(11(13,14)15)4-5-10(8)16/h1,3-5,7H,2,6,16H2. The molecule has 0 heterocycles. The molecule has 0 radical (unpaired) electrons. The first-order valence-electron chi connectivity index (χ1n) is 4.64. The van der Waals surface area contributed by atoms with Gasteiger partial charge in [-0.2, -0.15) is 13.2 Å². The van der Waals surface area contributed by atoms with Crippen LogP contribution in [-0.4, -0.2) is 5.33 Å². The molecular weight excluding hydrogens is 283 g/mol. The Kier molecular flexibility index (Phi) is 4.41. The van der Waals surface area contributed by atoms with Crippen molar-refractivity contribution >= 4 is 27.7 Å². The Morgan fingerprint density at radius 1 is 1.31 bits per heavy atom. The first-order valence-corrected chi connectivity index (χ1v) is 5.76. The Balaban J connectivity index is 3.00. The SMILES string of the molecule is Nc1ccc(C(F)(F)F)cc1C=CCCBr. The van der Waals surface area contributed by atoms with Gasteiger partial charge >= 0.3 is 6.18 Å². The predicted molar refractivity (Wildman–Crippen MR) is 63.3 cm³/mol. The fraction of sp³-hybridized carbons (Fsp3) is 0.273. The number of alkyl halides is 4. The van der Waals surface area contributed by atoms with Crippen molar-refractivity contribution in [2.24, 2.45) is 0 Å². The van der Waals surface area contributed by atoms with E-state index in [0.29, 0.717) is 11.3 Å². The highest BCUT2D eigenvalue weighted by Gasteiger charge is 2.30. The summed E-state index contributed by atoms with van der Waals surface area (Å²) < 4.78 is 37.2. The van der Waals surface area contributed by atoms with Crippen LogP contribution in [0.4, 0.5) is 18.9 Å². The lowest BCUT2D eigenvalue weighted by Gasteiger charge is -2.08. The van der Waals surface area contributed by atoms with E-state index in [4.69, 9.17) is 5.73 Å². The molecule has 5 heteroatoms. The summed E-state index contributed by atoms with van der Waals surface area (Å²) in [4.78, 5) is 0. The number of nitrogen functional groups attached to an aromatic ring is 1. The minimum Gasteiger partial charge on any atom is -0.398 e. The number of rotatable bonds is 3. The number of allylic oxidation sites excluding steroid dienone is 1. The number of anilines is 1. The van der Waals surface area contributed by atoms with Crippen LogP contribution in [0.5, 0.6) is 0 Å². The zero-order valence-electron chi connectivity index (χ0n) is 8.39. The van der Waals surface area contributed by atoms with Crippen molar-refractivity contribution < 1.29 is 13.2 Å².